The van der Waals surface area contributed by atoms with Gasteiger partial charge < -0.3 is 5.32 Å². The summed E-state index contributed by atoms with van der Waals surface area (Å²) in [5, 5.41) is 4.78. The maximum Gasteiger partial charge on any atom is 0.157 e. The molecule has 0 spiro atoms. The third-order valence-electron chi connectivity index (χ3n) is 4.04. The van der Waals surface area contributed by atoms with E-state index in [-0.39, 0.29) is 5.54 Å². The van der Waals surface area contributed by atoms with Gasteiger partial charge in [0.1, 0.15) is 0 Å². The lowest BCUT2D eigenvalue weighted by Gasteiger charge is -2.34. The third-order valence-corrected chi connectivity index (χ3v) is 4.93. The first-order chi connectivity index (χ1) is 8.09. The summed E-state index contributed by atoms with van der Waals surface area (Å²) in [6.45, 7) is 6.87. The van der Waals surface area contributed by atoms with E-state index < -0.39 is 0 Å². The second-order valence-electron chi connectivity index (χ2n) is 6.14. The van der Waals surface area contributed by atoms with Gasteiger partial charge in [0.2, 0.25) is 0 Å². The quantitative estimate of drug-likeness (QED) is 0.810. The predicted octanol–water partition coefficient (Wildman–Crippen LogP) is 3.82. The molecule has 1 saturated carbocycles. The monoisotopic (exact) mass is 254 g/mol. The number of nitrogens with one attached hydrogen (secondary N) is 1. The molecule has 1 aliphatic heterocycles. The van der Waals surface area contributed by atoms with Crippen LogP contribution in [-0.2, 0) is 0 Å². The van der Waals surface area contributed by atoms with Crippen molar-refractivity contribution in [2.45, 2.75) is 70.9 Å². The molecule has 2 fully saturated rings. The molecule has 2 rings (SSSR count). The summed E-state index contributed by atoms with van der Waals surface area (Å²) < 4.78 is 0. The molecule has 2 nitrogen and oxygen atoms in total. The SMILES string of the molecule is CCC1CCCC(N=C2NC(C)(C)CCS2)C1. The summed E-state index contributed by atoms with van der Waals surface area (Å²) in [6.07, 6.45) is 7.95. The molecule has 1 aliphatic carbocycles. The standard InChI is InChI=1S/C14H26N2S/c1-4-11-6-5-7-12(10-11)15-13-16-14(2,3)8-9-17-13/h11-12H,4-10H2,1-3H3,(H,15,16). The van der Waals surface area contributed by atoms with Crippen LogP contribution in [0.15, 0.2) is 4.99 Å². The van der Waals surface area contributed by atoms with Crippen LogP contribution in [0, 0.1) is 5.92 Å². The van der Waals surface area contributed by atoms with E-state index in [0.717, 1.165) is 5.92 Å². The van der Waals surface area contributed by atoms with E-state index in [0.29, 0.717) is 6.04 Å². The smallest absolute Gasteiger partial charge is 0.157 e. The van der Waals surface area contributed by atoms with E-state index in [1.807, 2.05) is 11.8 Å². The van der Waals surface area contributed by atoms with Gasteiger partial charge in [-0.3, -0.25) is 4.99 Å². The Morgan fingerprint density at radius 3 is 2.94 bits per heavy atom. The molecule has 0 aromatic heterocycles. The molecule has 98 valence electrons. The zero-order valence-corrected chi connectivity index (χ0v) is 12.3. The first kappa shape index (κ1) is 13.3. The van der Waals surface area contributed by atoms with Gasteiger partial charge in [0.15, 0.2) is 5.17 Å². The van der Waals surface area contributed by atoms with Crippen LogP contribution < -0.4 is 5.32 Å². The molecule has 1 heterocycles. The van der Waals surface area contributed by atoms with Crippen LogP contribution in [0.1, 0.15) is 59.3 Å². The van der Waals surface area contributed by atoms with Crippen LogP contribution >= 0.6 is 11.8 Å². The number of hydrogen-bond acceptors (Lipinski definition) is 2. The van der Waals surface area contributed by atoms with Gasteiger partial charge in [-0.25, -0.2) is 0 Å². The summed E-state index contributed by atoms with van der Waals surface area (Å²) in [4.78, 5) is 4.96. The van der Waals surface area contributed by atoms with Crippen molar-refractivity contribution in [3.8, 4) is 0 Å². The lowest BCUT2D eigenvalue weighted by atomic mass is 9.84. The minimum absolute atomic E-state index is 0.239. The van der Waals surface area contributed by atoms with Crippen molar-refractivity contribution >= 4 is 16.9 Å². The highest BCUT2D eigenvalue weighted by atomic mass is 32.2. The summed E-state index contributed by atoms with van der Waals surface area (Å²) >= 11 is 1.91. The Kier molecular flexibility index (Phi) is 4.40. The highest BCUT2D eigenvalue weighted by molar-refractivity contribution is 8.13. The molecule has 0 aromatic rings. The van der Waals surface area contributed by atoms with Crippen LogP contribution in [0.25, 0.3) is 0 Å². The predicted molar refractivity (Wildman–Crippen MR) is 77.8 cm³/mol. The van der Waals surface area contributed by atoms with Crippen molar-refractivity contribution in [2.24, 2.45) is 10.9 Å². The average molecular weight is 254 g/mol. The molecule has 0 radical (unpaired) electrons. The maximum absolute atomic E-state index is 4.96. The number of amidine groups is 1. The molecule has 0 amide bonds. The molecular formula is C14H26N2S. The number of thioether (sulfide) groups is 1. The van der Waals surface area contributed by atoms with Crippen molar-refractivity contribution in [3.63, 3.8) is 0 Å². The van der Waals surface area contributed by atoms with Crippen LogP contribution in [0.4, 0.5) is 0 Å². The molecule has 3 heteroatoms. The normalized spacial score (nSPS) is 35.6. The van der Waals surface area contributed by atoms with E-state index >= 15 is 0 Å². The van der Waals surface area contributed by atoms with Crippen molar-refractivity contribution in [1.82, 2.24) is 5.32 Å². The Balaban J connectivity index is 1.94. The van der Waals surface area contributed by atoms with Crippen LogP contribution in [0.2, 0.25) is 0 Å². The second kappa shape index (κ2) is 5.64. The molecule has 0 aromatic carbocycles. The Morgan fingerprint density at radius 2 is 2.24 bits per heavy atom. The fourth-order valence-electron chi connectivity index (χ4n) is 2.78. The van der Waals surface area contributed by atoms with E-state index in [2.05, 4.69) is 26.1 Å². The molecular weight excluding hydrogens is 228 g/mol. The molecule has 2 unspecified atom stereocenters. The Labute approximate surface area is 110 Å². The van der Waals surface area contributed by atoms with Gasteiger partial charge in [0.05, 0.1) is 6.04 Å². The van der Waals surface area contributed by atoms with Gasteiger partial charge in [-0.1, -0.05) is 37.9 Å². The van der Waals surface area contributed by atoms with E-state index in [1.165, 1.54) is 49.4 Å². The van der Waals surface area contributed by atoms with Gasteiger partial charge >= 0.3 is 0 Å². The Bertz CT molecular complexity index is 286. The lowest BCUT2D eigenvalue weighted by Crippen LogP contribution is -2.46. The van der Waals surface area contributed by atoms with Crippen molar-refractivity contribution < 1.29 is 0 Å². The van der Waals surface area contributed by atoms with Crippen LogP contribution in [0.5, 0.6) is 0 Å². The van der Waals surface area contributed by atoms with Gasteiger partial charge in [-0.15, -0.1) is 0 Å². The molecule has 0 bridgehead atoms. The first-order valence-corrected chi connectivity index (χ1v) is 8.06. The van der Waals surface area contributed by atoms with Gasteiger partial charge in [-0.05, 0) is 39.0 Å². The fraction of sp³-hybridized carbons (Fsp3) is 0.929. The van der Waals surface area contributed by atoms with Gasteiger partial charge in [-0.2, -0.15) is 0 Å². The topological polar surface area (TPSA) is 24.4 Å². The first-order valence-electron chi connectivity index (χ1n) is 7.08. The Hall–Kier alpha value is -0.180. The van der Waals surface area contributed by atoms with E-state index in [4.69, 9.17) is 4.99 Å². The highest BCUT2D eigenvalue weighted by Crippen LogP contribution is 2.30. The van der Waals surface area contributed by atoms with Crippen LogP contribution in [0.3, 0.4) is 0 Å². The summed E-state index contributed by atoms with van der Waals surface area (Å²) in [7, 11) is 0. The summed E-state index contributed by atoms with van der Waals surface area (Å²) in [6, 6.07) is 0.581. The summed E-state index contributed by atoms with van der Waals surface area (Å²) in [5.41, 5.74) is 0.239. The number of aliphatic imine (C=N–C) groups is 1. The average Bonchev–Trinajstić information content (AvgIpc) is 2.28. The minimum Gasteiger partial charge on any atom is -0.360 e. The van der Waals surface area contributed by atoms with Gasteiger partial charge in [0, 0.05) is 11.3 Å². The lowest BCUT2D eigenvalue weighted by molar-refractivity contribution is 0.315. The molecule has 1 N–H and O–H groups in total. The third kappa shape index (κ3) is 3.90. The van der Waals surface area contributed by atoms with Crippen molar-refractivity contribution in [1.29, 1.82) is 0 Å². The Morgan fingerprint density at radius 1 is 1.41 bits per heavy atom. The fourth-order valence-corrected chi connectivity index (χ4v) is 4.15. The highest BCUT2D eigenvalue weighted by Gasteiger charge is 2.26. The maximum atomic E-state index is 4.96. The van der Waals surface area contributed by atoms with Crippen molar-refractivity contribution in [3.05, 3.63) is 0 Å². The molecule has 1 saturated heterocycles. The number of hydrogen-bond donors (Lipinski definition) is 1. The largest absolute Gasteiger partial charge is 0.360 e. The van der Waals surface area contributed by atoms with Crippen molar-refractivity contribution in [2.75, 3.05) is 5.75 Å². The van der Waals surface area contributed by atoms with E-state index in [1.54, 1.807) is 0 Å². The second-order valence-corrected chi connectivity index (χ2v) is 7.22. The van der Waals surface area contributed by atoms with E-state index in [9.17, 15) is 0 Å². The summed E-state index contributed by atoms with van der Waals surface area (Å²) in [5.74, 6) is 2.13. The molecule has 17 heavy (non-hydrogen) atoms. The number of nitrogens with zero attached hydrogens (tertiary/aromatic N) is 1. The zero-order chi connectivity index (χ0) is 12.3. The molecule has 2 aliphatic rings. The molecule has 2 atom stereocenters. The number of rotatable bonds is 2. The van der Waals surface area contributed by atoms with Gasteiger partial charge in [0.25, 0.3) is 0 Å². The minimum atomic E-state index is 0.239. The van der Waals surface area contributed by atoms with Crippen LogP contribution in [-0.4, -0.2) is 22.5 Å². The zero-order valence-electron chi connectivity index (χ0n) is 11.5.